The van der Waals surface area contributed by atoms with Crippen LogP contribution in [0.5, 0.6) is 0 Å². The normalized spacial score (nSPS) is 11.8. The second-order valence-electron chi connectivity index (χ2n) is 4.66. The topological polar surface area (TPSA) is 96.6 Å². The monoisotopic (exact) mass is 312 g/mol. The maximum atomic E-state index is 12.2. The molecule has 0 fully saturated rings. The van der Waals surface area contributed by atoms with E-state index in [4.69, 9.17) is 9.47 Å². The molecular weight excluding hydrogens is 292 g/mol. The zero-order chi connectivity index (χ0) is 16.9. The minimum absolute atomic E-state index is 0.0242. The summed E-state index contributed by atoms with van der Waals surface area (Å²) in [7, 11) is 2.76. The molecule has 1 atom stereocenters. The SMILES string of the molecule is CCOC(=O)C[C@H](C(=O)OCC)c1cn(C)c(=O)n(C)c1=O. The number of hydrogen-bond acceptors (Lipinski definition) is 6. The van der Waals surface area contributed by atoms with Gasteiger partial charge in [-0.2, -0.15) is 0 Å². The highest BCUT2D eigenvalue weighted by Gasteiger charge is 2.29. The van der Waals surface area contributed by atoms with Gasteiger partial charge in [-0.05, 0) is 13.8 Å². The molecule has 1 rings (SSSR count). The van der Waals surface area contributed by atoms with Crippen molar-refractivity contribution in [2.24, 2.45) is 14.1 Å². The molecule has 8 heteroatoms. The van der Waals surface area contributed by atoms with E-state index in [2.05, 4.69) is 0 Å². The standard InChI is InChI=1S/C14H20N2O6/c1-5-21-11(17)7-9(13(19)22-6-2)10-8-15(3)14(20)16(4)12(10)18/h8-9H,5-7H2,1-4H3/t9-/m0/s1. The average molecular weight is 312 g/mol. The molecule has 0 spiro atoms. The van der Waals surface area contributed by atoms with Crippen molar-refractivity contribution < 1.29 is 19.1 Å². The van der Waals surface area contributed by atoms with Crippen molar-refractivity contribution in [2.75, 3.05) is 13.2 Å². The van der Waals surface area contributed by atoms with Crippen LogP contribution in [0.2, 0.25) is 0 Å². The fraction of sp³-hybridized carbons (Fsp3) is 0.571. The highest BCUT2D eigenvalue weighted by atomic mass is 16.5. The van der Waals surface area contributed by atoms with Gasteiger partial charge < -0.3 is 14.0 Å². The lowest BCUT2D eigenvalue weighted by Crippen LogP contribution is -2.40. The summed E-state index contributed by atoms with van der Waals surface area (Å²) in [6.07, 6.45) is 0.936. The molecule has 8 nitrogen and oxygen atoms in total. The van der Waals surface area contributed by atoms with Crippen molar-refractivity contribution in [2.45, 2.75) is 26.2 Å². The van der Waals surface area contributed by atoms with Gasteiger partial charge in [0, 0.05) is 25.9 Å². The molecule has 0 aliphatic carbocycles. The van der Waals surface area contributed by atoms with Gasteiger partial charge in [0.05, 0.1) is 25.6 Å². The lowest BCUT2D eigenvalue weighted by Gasteiger charge is -2.16. The van der Waals surface area contributed by atoms with Gasteiger partial charge in [0.2, 0.25) is 0 Å². The summed E-state index contributed by atoms with van der Waals surface area (Å²) in [6, 6.07) is 0. The summed E-state index contributed by atoms with van der Waals surface area (Å²) in [6.45, 7) is 3.55. The molecule has 1 aromatic heterocycles. The Morgan fingerprint density at radius 1 is 1.14 bits per heavy atom. The Labute approximate surface area is 127 Å². The number of nitrogens with zero attached hydrogens (tertiary/aromatic N) is 2. The highest BCUT2D eigenvalue weighted by Crippen LogP contribution is 2.18. The number of ether oxygens (including phenoxy) is 2. The summed E-state index contributed by atoms with van der Waals surface area (Å²) in [5, 5.41) is 0. The van der Waals surface area contributed by atoms with Crippen molar-refractivity contribution in [1.29, 1.82) is 0 Å². The third kappa shape index (κ3) is 3.84. The number of aryl methyl sites for hydroxylation is 1. The maximum absolute atomic E-state index is 12.2. The first kappa shape index (κ1) is 17.7. The molecule has 0 aromatic carbocycles. The Kier molecular flexibility index (Phi) is 6.09. The molecule has 22 heavy (non-hydrogen) atoms. The van der Waals surface area contributed by atoms with Gasteiger partial charge in [0.15, 0.2) is 0 Å². The smallest absolute Gasteiger partial charge is 0.330 e. The van der Waals surface area contributed by atoms with Crippen LogP contribution in [-0.4, -0.2) is 34.3 Å². The number of rotatable bonds is 6. The van der Waals surface area contributed by atoms with Crippen LogP contribution in [-0.2, 0) is 33.2 Å². The van der Waals surface area contributed by atoms with E-state index >= 15 is 0 Å². The molecule has 0 aliphatic rings. The van der Waals surface area contributed by atoms with Crippen LogP contribution in [0.1, 0.15) is 31.7 Å². The first-order valence-electron chi connectivity index (χ1n) is 6.92. The first-order valence-corrected chi connectivity index (χ1v) is 6.92. The molecule has 0 amide bonds. The van der Waals surface area contributed by atoms with Crippen molar-refractivity contribution in [3.8, 4) is 0 Å². The number of hydrogen-bond donors (Lipinski definition) is 0. The Balaban J connectivity index is 3.33. The van der Waals surface area contributed by atoms with E-state index < -0.39 is 29.1 Å². The van der Waals surface area contributed by atoms with Crippen molar-refractivity contribution in [3.63, 3.8) is 0 Å². The van der Waals surface area contributed by atoms with Gasteiger partial charge in [-0.1, -0.05) is 0 Å². The summed E-state index contributed by atoms with van der Waals surface area (Å²) >= 11 is 0. The third-order valence-electron chi connectivity index (χ3n) is 3.10. The molecular formula is C14H20N2O6. The Morgan fingerprint density at radius 2 is 1.73 bits per heavy atom. The van der Waals surface area contributed by atoms with Crippen molar-refractivity contribution in [3.05, 3.63) is 32.6 Å². The molecule has 122 valence electrons. The van der Waals surface area contributed by atoms with Gasteiger partial charge >= 0.3 is 17.6 Å². The van der Waals surface area contributed by atoms with Crippen LogP contribution in [0.4, 0.5) is 0 Å². The fourth-order valence-electron chi connectivity index (χ4n) is 2.02. The fourth-order valence-corrected chi connectivity index (χ4v) is 2.02. The minimum atomic E-state index is -1.11. The van der Waals surface area contributed by atoms with E-state index in [0.717, 1.165) is 4.57 Å². The van der Waals surface area contributed by atoms with Crippen LogP contribution in [0.3, 0.4) is 0 Å². The number of esters is 2. The summed E-state index contributed by atoms with van der Waals surface area (Å²) in [4.78, 5) is 47.7. The highest BCUT2D eigenvalue weighted by molar-refractivity contribution is 5.84. The number of carbonyl (C=O) groups is 2. The van der Waals surface area contributed by atoms with E-state index in [1.165, 1.54) is 24.9 Å². The molecule has 0 radical (unpaired) electrons. The molecule has 0 unspecified atom stereocenters. The van der Waals surface area contributed by atoms with Crippen LogP contribution in [0.25, 0.3) is 0 Å². The molecule has 0 N–H and O–H groups in total. The Morgan fingerprint density at radius 3 is 2.27 bits per heavy atom. The lowest BCUT2D eigenvalue weighted by molar-refractivity contribution is -0.151. The molecule has 1 aromatic rings. The Hall–Kier alpha value is -2.38. The van der Waals surface area contributed by atoms with Gasteiger partial charge in [0.1, 0.15) is 0 Å². The van der Waals surface area contributed by atoms with Gasteiger partial charge in [-0.3, -0.25) is 19.0 Å². The van der Waals surface area contributed by atoms with E-state index in [1.807, 2.05) is 0 Å². The summed E-state index contributed by atoms with van der Waals surface area (Å²) in [5.41, 5.74) is -1.13. The van der Waals surface area contributed by atoms with E-state index in [0.29, 0.717) is 0 Å². The second kappa shape index (κ2) is 7.58. The molecule has 0 saturated heterocycles. The summed E-state index contributed by atoms with van der Waals surface area (Å²) in [5.74, 6) is -2.42. The van der Waals surface area contributed by atoms with Crippen LogP contribution >= 0.6 is 0 Å². The number of aromatic nitrogens is 2. The van der Waals surface area contributed by atoms with E-state index in [1.54, 1.807) is 13.8 Å². The van der Waals surface area contributed by atoms with E-state index in [-0.39, 0.29) is 25.2 Å². The van der Waals surface area contributed by atoms with E-state index in [9.17, 15) is 19.2 Å². The average Bonchev–Trinajstić information content (AvgIpc) is 2.47. The summed E-state index contributed by atoms with van der Waals surface area (Å²) < 4.78 is 11.8. The number of carbonyl (C=O) groups excluding carboxylic acids is 2. The van der Waals surface area contributed by atoms with Gasteiger partial charge in [-0.25, -0.2) is 4.79 Å². The molecule has 0 aliphatic heterocycles. The zero-order valence-corrected chi connectivity index (χ0v) is 13.1. The predicted octanol–water partition coefficient (Wildman–Crippen LogP) is -0.316. The quantitative estimate of drug-likeness (QED) is 0.668. The maximum Gasteiger partial charge on any atom is 0.330 e. The predicted molar refractivity (Wildman–Crippen MR) is 77.5 cm³/mol. The van der Waals surface area contributed by atoms with Crippen molar-refractivity contribution in [1.82, 2.24) is 9.13 Å². The largest absolute Gasteiger partial charge is 0.466 e. The van der Waals surface area contributed by atoms with Crippen LogP contribution < -0.4 is 11.2 Å². The van der Waals surface area contributed by atoms with Crippen LogP contribution in [0.15, 0.2) is 15.8 Å². The van der Waals surface area contributed by atoms with Gasteiger partial charge in [-0.15, -0.1) is 0 Å². The van der Waals surface area contributed by atoms with Crippen LogP contribution in [0, 0.1) is 0 Å². The second-order valence-corrected chi connectivity index (χ2v) is 4.66. The minimum Gasteiger partial charge on any atom is -0.466 e. The lowest BCUT2D eigenvalue weighted by atomic mass is 9.98. The van der Waals surface area contributed by atoms with Gasteiger partial charge in [0.25, 0.3) is 5.56 Å². The first-order chi connectivity index (χ1) is 10.3. The molecule has 0 saturated carbocycles. The zero-order valence-electron chi connectivity index (χ0n) is 13.1. The third-order valence-corrected chi connectivity index (χ3v) is 3.10. The molecule has 0 bridgehead atoms. The molecule has 1 heterocycles. The van der Waals surface area contributed by atoms with Crippen molar-refractivity contribution >= 4 is 11.9 Å². The Bertz CT molecular complexity index is 673.